The predicted octanol–water partition coefficient (Wildman–Crippen LogP) is 0.894. The molecule has 0 aromatic rings. The molecule has 0 saturated heterocycles. The van der Waals surface area contributed by atoms with Crippen LogP contribution in [0, 0.1) is 0 Å². The van der Waals surface area contributed by atoms with Crippen LogP contribution in [0.2, 0.25) is 0 Å². The predicted molar refractivity (Wildman–Crippen MR) is 41.4 cm³/mol. The van der Waals surface area contributed by atoms with E-state index in [0.717, 1.165) is 6.42 Å². The van der Waals surface area contributed by atoms with E-state index in [1.54, 1.807) is 0 Å². The van der Waals surface area contributed by atoms with E-state index < -0.39 is 0 Å². The number of nitrogens with zero attached hydrogens (tertiary/aromatic N) is 1. The maximum Gasteiger partial charge on any atom is 0.0673 e. The van der Waals surface area contributed by atoms with E-state index in [4.69, 9.17) is 0 Å². The van der Waals surface area contributed by atoms with Gasteiger partial charge in [0, 0.05) is 0 Å². The molecule has 0 heterocycles. The van der Waals surface area contributed by atoms with Crippen LogP contribution in [-0.2, 0) is 0 Å². The van der Waals surface area contributed by atoms with Gasteiger partial charge in [-0.1, -0.05) is 6.92 Å². The van der Waals surface area contributed by atoms with Crippen molar-refractivity contribution in [2.24, 2.45) is 0 Å². The van der Waals surface area contributed by atoms with Crippen LogP contribution in [0.25, 0.3) is 0 Å². The Morgan fingerprint density at radius 3 is 1.89 bits per heavy atom. The lowest BCUT2D eigenvalue weighted by molar-refractivity contribution is 0.134. The lowest BCUT2D eigenvalue weighted by atomic mass is 10.1. The number of nitrogens with one attached hydrogen (secondary N) is 1. The molecule has 2 nitrogen and oxygen atoms in total. The third-order valence-corrected chi connectivity index (χ3v) is 2.21. The molecule has 0 spiro atoms. The van der Waals surface area contributed by atoms with Gasteiger partial charge in [-0.25, -0.2) is 0 Å². The smallest absolute Gasteiger partial charge is 0.0673 e. The molecule has 1 unspecified atom stereocenters. The van der Waals surface area contributed by atoms with Gasteiger partial charge in [0.2, 0.25) is 0 Å². The molecule has 0 aliphatic carbocycles. The van der Waals surface area contributed by atoms with E-state index in [2.05, 4.69) is 38.2 Å². The molecule has 0 fully saturated rings. The summed E-state index contributed by atoms with van der Waals surface area (Å²) in [6.45, 7) is 4.36. The Hall–Kier alpha value is -0.0800. The van der Waals surface area contributed by atoms with E-state index in [0.29, 0.717) is 0 Å². The van der Waals surface area contributed by atoms with Gasteiger partial charge in [-0.15, -0.1) is 0 Å². The van der Waals surface area contributed by atoms with Crippen LogP contribution >= 0.6 is 0 Å². The molecule has 0 saturated carbocycles. The molecule has 0 aliphatic rings. The number of hydrogen-bond donors (Lipinski definition) is 1. The van der Waals surface area contributed by atoms with Gasteiger partial charge in [0.25, 0.3) is 0 Å². The van der Waals surface area contributed by atoms with Crippen LogP contribution < -0.4 is 5.32 Å². The second-order valence-electron chi connectivity index (χ2n) is 2.77. The largest absolute Gasteiger partial charge is 0.302 e. The fourth-order valence-electron chi connectivity index (χ4n) is 0.717. The first kappa shape index (κ1) is 8.92. The van der Waals surface area contributed by atoms with Crippen molar-refractivity contribution in [2.75, 3.05) is 21.1 Å². The van der Waals surface area contributed by atoms with Gasteiger partial charge < -0.3 is 5.32 Å². The summed E-state index contributed by atoms with van der Waals surface area (Å²) in [4.78, 5) is 2.19. The van der Waals surface area contributed by atoms with Crippen LogP contribution in [0.5, 0.6) is 0 Å². The molecule has 9 heavy (non-hydrogen) atoms. The van der Waals surface area contributed by atoms with E-state index in [1.165, 1.54) is 0 Å². The Morgan fingerprint density at radius 2 is 1.89 bits per heavy atom. The summed E-state index contributed by atoms with van der Waals surface area (Å²) in [6, 6.07) is 0. The van der Waals surface area contributed by atoms with Gasteiger partial charge >= 0.3 is 0 Å². The fourth-order valence-corrected chi connectivity index (χ4v) is 0.717. The normalized spacial score (nSPS) is 18.0. The Kier molecular flexibility index (Phi) is 3.15. The molecule has 0 aromatic carbocycles. The van der Waals surface area contributed by atoms with Gasteiger partial charge in [0.15, 0.2) is 0 Å². The third-order valence-electron chi connectivity index (χ3n) is 2.21. The minimum atomic E-state index is 0.167. The van der Waals surface area contributed by atoms with E-state index in [1.807, 2.05) is 7.05 Å². The van der Waals surface area contributed by atoms with Crippen molar-refractivity contribution in [3.63, 3.8) is 0 Å². The van der Waals surface area contributed by atoms with Crippen molar-refractivity contribution in [1.29, 1.82) is 0 Å². The summed E-state index contributed by atoms with van der Waals surface area (Å²) in [5.74, 6) is 0. The first-order chi connectivity index (χ1) is 4.06. The molecule has 0 bridgehead atoms. The van der Waals surface area contributed by atoms with Crippen LogP contribution in [0.3, 0.4) is 0 Å². The van der Waals surface area contributed by atoms with Crippen molar-refractivity contribution < 1.29 is 0 Å². The zero-order chi connectivity index (χ0) is 7.49. The quantitative estimate of drug-likeness (QED) is 0.571. The molecule has 0 rings (SSSR count). The Morgan fingerprint density at radius 1 is 1.44 bits per heavy atom. The van der Waals surface area contributed by atoms with Gasteiger partial charge in [0.1, 0.15) is 0 Å². The zero-order valence-corrected chi connectivity index (χ0v) is 7.15. The highest BCUT2D eigenvalue weighted by molar-refractivity contribution is 4.75. The molecule has 2 heteroatoms. The van der Waals surface area contributed by atoms with Crippen molar-refractivity contribution in [1.82, 2.24) is 10.2 Å². The fraction of sp³-hybridized carbons (Fsp3) is 1.00. The molecular weight excluding hydrogens is 112 g/mol. The molecule has 1 atom stereocenters. The maximum absolute atomic E-state index is 3.25. The van der Waals surface area contributed by atoms with Crippen molar-refractivity contribution in [2.45, 2.75) is 25.9 Å². The van der Waals surface area contributed by atoms with E-state index >= 15 is 0 Å². The average molecular weight is 130 g/mol. The van der Waals surface area contributed by atoms with Crippen LogP contribution in [0.15, 0.2) is 0 Å². The highest BCUT2D eigenvalue weighted by atomic mass is 15.3. The SMILES string of the molecule is CCC(C)(NC)N(C)C. The summed E-state index contributed by atoms with van der Waals surface area (Å²) >= 11 is 0. The zero-order valence-electron chi connectivity index (χ0n) is 7.15. The molecule has 0 amide bonds. The second-order valence-corrected chi connectivity index (χ2v) is 2.77. The topological polar surface area (TPSA) is 15.3 Å². The first-order valence-electron chi connectivity index (χ1n) is 3.43. The summed E-state index contributed by atoms with van der Waals surface area (Å²) in [5, 5.41) is 3.25. The van der Waals surface area contributed by atoms with Crippen molar-refractivity contribution in [3.05, 3.63) is 0 Å². The average Bonchev–Trinajstić information content (AvgIpc) is 1.86. The monoisotopic (exact) mass is 130 g/mol. The van der Waals surface area contributed by atoms with Gasteiger partial charge in [-0.2, -0.15) is 0 Å². The Labute approximate surface area is 58.2 Å². The van der Waals surface area contributed by atoms with Crippen molar-refractivity contribution in [3.8, 4) is 0 Å². The van der Waals surface area contributed by atoms with E-state index in [9.17, 15) is 0 Å². The van der Waals surface area contributed by atoms with Crippen molar-refractivity contribution >= 4 is 0 Å². The Balaban J connectivity index is 3.92. The van der Waals surface area contributed by atoms with Gasteiger partial charge in [0.05, 0.1) is 5.66 Å². The molecule has 56 valence electrons. The highest BCUT2D eigenvalue weighted by Crippen LogP contribution is 2.09. The summed E-state index contributed by atoms with van der Waals surface area (Å²) in [5.41, 5.74) is 0.167. The molecular formula is C7H18N2. The Bertz CT molecular complexity index is 75.0. The summed E-state index contributed by atoms with van der Waals surface area (Å²) in [6.07, 6.45) is 1.12. The standard InChI is InChI=1S/C7H18N2/c1-6-7(2,8-3)9(4)5/h8H,6H2,1-5H3. The van der Waals surface area contributed by atoms with Gasteiger partial charge in [-0.05, 0) is 34.5 Å². The highest BCUT2D eigenvalue weighted by Gasteiger charge is 2.20. The minimum absolute atomic E-state index is 0.167. The minimum Gasteiger partial charge on any atom is -0.302 e. The number of rotatable bonds is 3. The molecule has 0 aromatic heterocycles. The molecule has 1 N–H and O–H groups in total. The summed E-state index contributed by atoms with van der Waals surface area (Å²) < 4.78 is 0. The van der Waals surface area contributed by atoms with Gasteiger partial charge in [-0.3, -0.25) is 4.90 Å². The maximum atomic E-state index is 3.25. The lowest BCUT2D eigenvalue weighted by Gasteiger charge is -2.35. The first-order valence-corrected chi connectivity index (χ1v) is 3.43. The number of hydrogen-bond acceptors (Lipinski definition) is 2. The van der Waals surface area contributed by atoms with Crippen LogP contribution in [0.4, 0.5) is 0 Å². The summed E-state index contributed by atoms with van der Waals surface area (Å²) in [7, 11) is 6.16. The van der Waals surface area contributed by atoms with Crippen LogP contribution in [-0.4, -0.2) is 31.7 Å². The van der Waals surface area contributed by atoms with Crippen LogP contribution in [0.1, 0.15) is 20.3 Å². The second kappa shape index (κ2) is 3.18. The molecule has 0 radical (unpaired) electrons. The lowest BCUT2D eigenvalue weighted by Crippen LogP contribution is -2.51. The molecule has 0 aliphatic heterocycles. The van der Waals surface area contributed by atoms with E-state index in [-0.39, 0.29) is 5.66 Å². The third kappa shape index (κ3) is 1.95.